The Labute approximate surface area is 249 Å². The van der Waals surface area contributed by atoms with Gasteiger partial charge >= 0.3 is 0 Å². The molecule has 0 amide bonds. The van der Waals surface area contributed by atoms with Gasteiger partial charge in [-0.05, 0) is 70.8 Å². The van der Waals surface area contributed by atoms with Crippen molar-refractivity contribution < 1.29 is 4.42 Å². The molecule has 0 aliphatic carbocycles. The Morgan fingerprint density at radius 1 is 0.419 bits per heavy atom. The highest BCUT2D eigenvalue weighted by Crippen LogP contribution is 2.40. The Bertz CT molecular complexity index is 2170. The van der Waals surface area contributed by atoms with E-state index in [2.05, 4.69) is 89.9 Å². The predicted octanol–water partition coefficient (Wildman–Crippen LogP) is 10.1. The van der Waals surface area contributed by atoms with Gasteiger partial charge in [-0.25, -0.2) is 9.97 Å². The van der Waals surface area contributed by atoms with Crippen LogP contribution in [0.1, 0.15) is 0 Å². The molecule has 0 saturated carbocycles. The molecule has 43 heavy (non-hydrogen) atoms. The number of rotatable bonds is 5. The van der Waals surface area contributed by atoms with Crippen LogP contribution in [0.25, 0.3) is 78.1 Å². The quantitative estimate of drug-likeness (QED) is 0.214. The van der Waals surface area contributed by atoms with Crippen molar-refractivity contribution in [3.63, 3.8) is 0 Å². The van der Waals surface area contributed by atoms with E-state index < -0.39 is 0 Å². The van der Waals surface area contributed by atoms with Crippen LogP contribution in [0.4, 0.5) is 0 Å². The topological polar surface area (TPSA) is 51.8 Å². The highest BCUT2D eigenvalue weighted by atomic mass is 16.3. The average Bonchev–Trinajstić information content (AvgIpc) is 3.48. The number of hydrogen-bond donors (Lipinski definition) is 0. The van der Waals surface area contributed by atoms with Crippen molar-refractivity contribution in [2.24, 2.45) is 0 Å². The van der Waals surface area contributed by atoms with Crippen molar-refractivity contribution in [2.75, 3.05) is 0 Å². The smallest absolute Gasteiger partial charge is 0.160 e. The number of furan rings is 1. The third-order valence-electron chi connectivity index (χ3n) is 7.78. The summed E-state index contributed by atoms with van der Waals surface area (Å²) < 4.78 is 6.25. The molecule has 4 nitrogen and oxygen atoms in total. The number of nitrogens with zero attached hydrogens (tertiary/aromatic N) is 3. The molecule has 0 aliphatic rings. The lowest BCUT2D eigenvalue weighted by molar-refractivity contribution is 0.669. The van der Waals surface area contributed by atoms with Gasteiger partial charge in [0, 0.05) is 39.9 Å². The Morgan fingerprint density at radius 3 is 1.84 bits per heavy atom. The fourth-order valence-corrected chi connectivity index (χ4v) is 5.73. The van der Waals surface area contributed by atoms with Crippen LogP contribution >= 0.6 is 0 Å². The first-order valence-electron chi connectivity index (χ1n) is 14.3. The molecular weight excluding hydrogens is 526 g/mol. The molecular formula is C39H25N3O. The van der Waals surface area contributed by atoms with Crippen LogP contribution in [0.15, 0.2) is 156 Å². The second kappa shape index (κ2) is 10.5. The van der Waals surface area contributed by atoms with Crippen molar-refractivity contribution in [3.05, 3.63) is 152 Å². The summed E-state index contributed by atoms with van der Waals surface area (Å²) in [6.45, 7) is 0. The van der Waals surface area contributed by atoms with E-state index in [0.29, 0.717) is 5.82 Å². The first kappa shape index (κ1) is 24.9. The Hall–Kier alpha value is -5.87. The van der Waals surface area contributed by atoms with Crippen molar-refractivity contribution in [2.45, 2.75) is 0 Å². The molecule has 0 fully saturated rings. The van der Waals surface area contributed by atoms with Crippen LogP contribution in [-0.4, -0.2) is 15.0 Å². The molecule has 8 rings (SSSR count). The van der Waals surface area contributed by atoms with Crippen LogP contribution in [0.2, 0.25) is 0 Å². The maximum absolute atomic E-state index is 6.25. The fraction of sp³-hybridized carbons (Fsp3) is 0. The van der Waals surface area contributed by atoms with Gasteiger partial charge in [-0.3, -0.25) is 4.98 Å². The van der Waals surface area contributed by atoms with E-state index in [0.717, 1.165) is 72.3 Å². The molecule has 8 aromatic rings. The van der Waals surface area contributed by atoms with E-state index >= 15 is 0 Å². The molecule has 3 aromatic heterocycles. The number of benzene rings is 5. The summed E-state index contributed by atoms with van der Waals surface area (Å²) in [4.78, 5) is 14.3. The highest BCUT2D eigenvalue weighted by Gasteiger charge is 2.16. The van der Waals surface area contributed by atoms with Crippen molar-refractivity contribution in [3.8, 4) is 56.2 Å². The third-order valence-corrected chi connectivity index (χ3v) is 7.78. The third kappa shape index (κ3) is 4.65. The van der Waals surface area contributed by atoms with Gasteiger partial charge in [-0.15, -0.1) is 0 Å². The van der Waals surface area contributed by atoms with Crippen LogP contribution in [0, 0.1) is 0 Å². The standard InChI is InChI=1S/C39H25N3O/c1-3-10-26(11-4-1)29-22-30(32-15-9-17-37-38(32)33-14-7-8-16-36(33)43-37)24-31(23-29)35-25-34(27-12-5-2-6-13-27)41-39(42-35)28-18-20-40-21-19-28/h1-25H. The summed E-state index contributed by atoms with van der Waals surface area (Å²) in [5.41, 5.74) is 10.9. The molecule has 202 valence electrons. The van der Waals surface area contributed by atoms with E-state index in [9.17, 15) is 0 Å². The molecule has 0 aliphatic heterocycles. The SMILES string of the molecule is c1ccc(-c2cc(-c3cc(-c4ccccc4)nc(-c4ccncc4)n3)cc(-c3cccc4oc5ccccc5c34)c2)cc1. The highest BCUT2D eigenvalue weighted by molar-refractivity contribution is 6.12. The second-order valence-corrected chi connectivity index (χ2v) is 10.5. The normalized spacial score (nSPS) is 11.3. The van der Waals surface area contributed by atoms with Crippen molar-refractivity contribution in [1.29, 1.82) is 0 Å². The van der Waals surface area contributed by atoms with Crippen molar-refractivity contribution >= 4 is 21.9 Å². The molecule has 0 radical (unpaired) electrons. The summed E-state index contributed by atoms with van der Waals surface area (Å²) >= 11 is 0. The minimum Gasteiger partial charge on any atom is -0.456 e. The Morgan fingerprint density at radius 2 is 1.05 bits per heavy atom. The van der Waals surface area contributed by atoms with E-state index in [1.807, 2.05) is 54.6 Å². The van der Waals surface area contributed by atoms with Gasteiger partial charge in [-0.1, -0.05) is 91.0 Å². The molecule has 5 aromatic carbocycles. The zero-order valence-corrected chi connectivity index (χ0v) is 23.2. The number of pyridine rings is 1. The molecule has 0 bridgehead atoms. The number of fused-ring (bicyclic) bond motifs is 3. The number of aromatic nitrogens is 3. The number of hydrogen-bond acceptors (Lipinski definition) is 4. The van der Waals surface area contributed by atoms with Crippen LogP contribution in [0.5, 0.6) is 0 Å². The molecule has 0 spiro atoms. The fourth-order valence-electron chi connectivity index (χ4n) is 5.73. The van der Waals surface area contributed by atoms with Crippen LogP contribution in [0.3, 0.4) is 0 Å². The van der Waals surface area contributed by atoms with Gasteiger partial charge in [0.15, 0.2) is 5.82 Å². The summed E-state index contributed by atoms with van der Waals surface area (Å²) in [6, 6.07) is 48.0. The lowest BCUT2D eigenvalue weighted by Crippen LogP contribution is -1.96. The van der Waals surface area contributed by atoms with E-state index in [4.69, 9.17) is 14.4 Å². The minimum absolute atomic E-state index is 0.661. The molecule has 4 heteroatoms. The Kier molecular flexibility index (Phi) is 6.08. The lowest BCUT2D eigenvalue weighted by atomic mass is 9.92. The lowest BCUT2D eigenvalue weighted by Gasteiger charge is -2.13. The molecule has 3 heterocycles. The Balaban J connectivity index is 1.40. The summed E-state index contributed by atoms with van der Waals surface area (Å²) in [6.07, 6.45) is 3.55. The molecule has 0 saturated heterocycles. The predicted molar refractivity (Wildman–Crippen MR) is 174 cm³/mol. The van der Waals surface area contributed by atoms with Crippen LogP contribution in [-0.2, 0) is 0 Å². The summed E-state index contributed by atoms with van der Waals surface area (Å²) in [5.74, 6) is 0.661. The zero-order chi connectivity index (χ0) is 28.6. The van der Waals surface area contributed by atoms with Gasteiger partial charge in [0.05, 0.1) is 11.4 Å². The van der Waals surface area contributed by atoms with E-state index in [1.165, 1.54) is 0 Å². The summed E-state index contributed by atoms with van der Waals surface area (Å²) in [5, 5.41) is 2.22. The molecule has 0 N–H and O–H groups in total. The minimum atomic E-state index is 0.661. The maximum Gasteiger partial charge on any atom is 0.160 e. The molecule has 0 atom stereocenters. The molecule has 0 unspecified atom stereocenters. The van der Waals surface area contributed by atoms with Gasteiger partial charge < -0.3 is 4.42 Å². The van der Waals surface area contributed by atoms with E-state index in [1.54, 1.807) is 12.4 Å². The number of para-hydroxylation sites is 1. The second-order valence-electron chi connectivity index (χ2n) is 10.5. The summed E-state index contributed by atoms with van der Waals surface area (Å²) in [7, 11) is 0. The van der Waals surface area contributed by atoms with Crippen LogP contribution < -0.4 is 0 Å². The van der Waals surface area contributed by atoms with Gasteiger partial charge in [0.25, 0.3) is 0 Å². The van der Waals surface area contributed by atoms with Gasteiger partial charge in [0.2, 0.25) is 0 Å². The maximum atomic E-state index is 6.25. The van der Waals surface area contributed by atoms with E-state index in [-0.39, 0.29) is 0 Å². The average molecular weight is 552 g/mol. The van der Waals surface area contributed by atoms with Gasteiger partial charge in [0.1, 0.15) is 11.2 Å². The first-order valence-corrected chi connectivity index (χ1v) is 14.3. The van der Waals surface area contributed by atoms with Crippen molar-refractivity contribution in [1.82, 2.24) is 15.0 Å². The van der Waals surface area contributed by atoms with Gasteiger partial charge in [-0.2, -0.15) is 0 Å². The first-order chi connectivity index (χ1) is 21.3. The monoisotopic (exact) mass is 551 g/mol. The largest absolute Gasteiger partial charge is 0.456 e. The zero-order valence-electron chi connectivity index (χ0n) is 23.2.